The van der Waals surface area contributed by atoms with Crippen molar-refractivity contribution in [2.75, 3.05) is 33.2 Å². The summed E-state index contributed by atoms with van der Waals surface area (Å²) in [6, 6.07) is 0.425. The Morgan fingerprint density at radius 2 is 1.79 bits per heavy atom. The summed E-state index contributed by atoms with van der Waals surface area (Å²) in [5.41, 5.74) is 5.52. The zero-order valence-corrected chi connectivity index (χ0v) is 12.5. The van der Waals surface area contributed by atoms with Crippen LogP contribution in [0.1, 0.15) is 39.0 Å². The molecule has 2 aliphatic heterocycles. The maximum Gasteiger partial charge on any atom is 0.236 e. The van der Waals surface area contributed by atoms with Crippen LogP contribution in [-0.2, 0) is 4.79 Å². The summed E-state index contributed by atoms with van der Waals surface area (Å²) in [7, 11) is 2.22. The van der Waals surface area contributed by atoms with Crippen LogP contribution in [0, 0.1) is 11.8 Å². The van der Waals surface area contributed by atoms with Gasteiger partial charge in [0.15, 0.2) is 0 Å². The molecule has 2 aliphatic rings. The number of hydrogen-bond acceptors (Lipinski definition) is 3. The lowest BCUT2D eigenvalue weighted by Crippen LogP contribution is -2.49. The standard InChI is InChI=1S/C15H29N3O/c1-3-14-10-13(6-9-18(14)15(19)11-16)12-4-7-17(2)8-5-12/h12-14H,3-11,16H2,1-2H3. The molecule has 0 aromatic rings. The van der Waals surface area contributed by atoms with Gasteiger partial charge >= 0.3 is 0 Å². The number of nitrogens with two attached hydrogens (primary N) is 1. The fourth-order valence-electron chi connectivity index (χ4n) is 3.84. The molecule has 1 amide bonds. The fourth-order valence-corrected chi connectivity index (χ4v) is 3.84. The molecule has 2 N–H and O–H groups in total. The second-order valence-corrected chi connectivity index (χ2v) is 6.28. The summed E-state index contributed by atoms with van der Waals surface area (Å²) in [6.45, 7) is 5.76. The van der Waals surface area contributed by atoms with Crippen molar-refractivity contribution in [2.24, 2.45) is 17.6 Å². The van der Waals surface area contributed by atoms with Crippen LogP contribution in [0.25, 0.3) is 0 Å². The predicted octanol–water partition coefficient (Wildman–Crippen LogP) is 1.30. The molecule has 2 atom stereocenters. The lowest BCUT2D eigenvalue weighted by Gasteiger charge is -2.43. The summed E-state index contributed by atoms with van der Waals surface area (Å²) in [6.07, 6.45) is 6.10. The van der Waals surface area contributed by atoms with E-state index in [1.54, 1.807) is 0 Å². The van der Waals surface area contributed by atoms with Gasteiger partial charge < -0.3 is 15.5 Å². The van der Waals surface area contributed by atoms with Crippen LogP contribution < -0.4 is 5.73 Å². The highest BCUT2D eigenvalue weighted by Gasteiger charge is 2.34. The Kier molecular flexibility index (Phi) is 5.22. The largest absolute Gasteiger partial charge is 0.339 e. The van der Waals surface area contributed by atoms with Crippen molar-refractivity contribution in [2.45, 2.75) is 45.1 Å². The number of hydrogen-bond donors (Lipinski definition) is 1. The zero-order chi connectivity index (χ0) is 13.8. The van der Waals surface area contributed by atoms with Crippen molar-refractivity contribution in [1.82, 2.24) is 9.80 Å². The Morgan fingerprint density at radius 1 is 1.16 bits per heavy atom. The lowest BCUT2D eigenvalue weighted by molar-refractivity contribution is -0.134. The summed E-state index contributed by atoms with van der Waals surface area (Å²) < 4.78 is 0. The van der Waals surface area contributed by atoms with E-state index >= 15 is 0 Å². The Morgan fingerprint density at radius 3 is 2.37 bits per heavy atom. The Balaban J connectivity index is 1.91. The molecule has 2 unspecified atom stereocenters. The zero-order valence-electron chi connectivity index (χ0n) is 12.5. The summed E-state index contributed by atoms with van der Waals surface area (Å²) in [5.74, 6) is 1.83. The second-order valence-electron chi connectivity index (χ2n) is 6.28. The van der Waals surface area contributed by atoms with Crippen LogP contribution in [0.4, 0.5) is 0 Å². The van der Waals surface area contributed by atoms with Gasteiger partial charge in [-0.05, 0) is 64.1 Å². The summed E-state index contributed by atoms with van der Waals surface area (Å²) in [4.78, 5) is 16.3. The van der Waals surface area contributed by atoms with Crippen molar-refractivity contribution in [3.05, 3.63) is 0 Å². The molecular weight excluding hydrogens is 238 g/mol. The van der Waals surface area contributed by atoms with Crippen molar-refractivity contribution in [1.29, 1.82) is 0 Å². The molecule has 0 aromatic carbocycles. The van der Waals surface area contributed by atoms with Gasteiger partial charge in [0.1, 0.15) is 0 Å². The summed E-state index contributed by atoms with van der Waals surface area (Å²) in [5, 5.41) is 0. The van der Waals surface area contributed by atoms with E-state index in [9.17, 15) is 4.79 Å². The molecule has 2 heterocycles. The van der Waals surface area contributed by atoms with Gasteiger partial charge in [0.25, 0.3) is 0 Å². The molecule has 0 aliphatic carbocycles. The quantitative estimate of drug-likeness (QED) is 0.838. The minimum absolute atomic E-state index is 0.133. The molecule has 0 bridgehead atoms. The molecule has 2 saturated heterocycles. The average Bonchev–Trinajstić information content (AvgIpc) is 2.46. The van der Waals surface area contributed by atoms with Crippen molar-refractivity contribution >= 4 is 5.91 Å². The topological polar surface area (TPSA) is 49.6 Å². The first-order valence-electron chi connectivity index (χ1n) is 7.83. The number of likely N-dealkylation sites (tertiary alicyclic amines) is 2. The minimum Gasteiger partial charge on any atom is -0.339 e. The van der Waals surface area contributed by atoms with Gasteiger partial charge in [0.2, 0.25) is 5.91 Å². The first-order valence-corrected chi connectivity index (χ1v) is 7.83. The molecule has 2 fully saturated rings. The number of amides is 1. The number of rotatable bonds is 3. The molecule has 4 heteroatoms. The second kappa shape index (κ2) is 6.71. The van der Waals surface area contributed by atoms with Gasteiger partial charge in [-0.25, -0.2) is 0 Å². The van der Waals surface area contributed by atoms with E-state index in [-0.39, 0.29) is 12.5 Å². The maximum atomic E-state index is 11.9. The first-order chi connectivity index (χ1) is 9.15. The molecule has 2 rings (SSSR count). The number of carbonyl (C=O) groups excluding carboxylic acids is 1. The smallest absolute Gasteiger partial charge is 0.236 e. The Hall–Kier alpha value is -0.610. The number of piperidine rings is 2. The van der Waals surface area contributed by atoms with E-state index in [0.717, 1.165) is 24.8 Å². The van der Waals surface area contributed by atoms with Crippen LogP contribution >= 0.6 is 0 Å². The fraction of sp³-hybridized carbons (Fsp3) is 0.933. The number of carbonyl (C=O) groups is 1. The average molecular weight is 267 g/mol. The molecular formula is C15H29N3O. The molecule has 0 saturated carbocycles. The van der Waals surface area contributed by atoms with Crippen LogP contribution in [0.2, 0.25) is 0 Å². The van der Waals surface area contributed by atoms with Gasteiger partial charge in [-0.1, -0.05) is 6.92 Å². The predicted molar refractivity (Wildman–Crippen MR) is 77.8 cm³/mol. The third-order valence-corrected chi connectivity index (χ3v) is 5.15. The van der Waals surface area contributed by atoms with Crippen LogP contribution in [-0.4, -0.2) is 55.0 Å². The van der Waals surface area contributed by atoms with Crippen molar-refractivity contribution in [3.63, 3.8) is 0 Å². The Bertz CT molecular complexity index is 300. The third kappa shape index (κ3) is 3.48. The van der Waals surface area contributed by atoms with Crippen LogP contribution in [0.15, 0.2) is 0 Å². The molecule has 0 radical (unpaired) electrons. The summed E-state index contributed by atoms with van der Waals surface area (Å²) >= 11 is 0. The highest BCUT2D eigenvalue weighted by atomic mass is 16.2. The van der Waals surface area contributed by atoms with Gasteiger partial charge in [-0.2, -0.15) is 0 Å². The van der Waals surface area contributed by atoms with Crippen LogP contribution in [0.3, 0.4) is 0 Å². The maximum absolute atomic E-state index is 11.9. The van der Waals surface area contributed by atoms with E-state index < -0.39 is 0 Å². The van der Waals surface area contributed by atoms with Gasteiger partial charge in [0, 0.05) is 12.6 Å². The molecule has 110 valence electrons. The first kappa shape index (κ1) is 14.8. The van der Waals surface area contributed by atoms with Crippen molar-refractivity contribution < 1.29 is 4.79 Å². The van der Waals surface area contributed by atoms with E-state index in [1.165, 1.54) is 38.8 Å². The van der Waals surface area contributed by atoms with Crippen molar-refractivity contribution in [3.8, 4) is 0 Å². The van der Waals surface area contributed by atoms with Gasteiger partial charge in [0.05, 0.1) is 6.54 Å². The van der Waals surface area contributed by atoms with Gasteiger partial charge in [-0.15, -0.1) is 0 Å². The van der Waals surface area contributed by atoms with E-state index in [0.29, 0.717) is 6.04 Å². The third-order valence-electron chi connectivity index (χ3n) is 5.15. The molecule has 0 spiro atoms. The van der Waals surface area contributed by atoms with Gasteiger partial charge in [-0.3, -0.25) is 4.79 Å². The lowest BCUT2D eigenvalue weighted by atomic mass is 9.76. The molecule has 4 nitrogen and oxygen atoms in total. The SMILES string of the molecule is CCC1CC(C2CCN(C)CC2)CCN1C(=O)CN. The number of nitrogens with zero attached hydrogens (tertiary/aromatic N) is 2. The van der Waals surface area contributed by atoms with E-state index in [1.807, 2.05) is 4.90 Å². The van der Waals surface area contributed by atoms with E-state index in [4.69, 9.17) is 5.73 Å². The highest BCUT2D eigenvalue weighted by molar-refractivity contribution is 5.78. The van der Waals surface area contributed by atoms with Crippen LogP contribution in [0.5, 0.6) is 0 Å². The molecule has 19 heavy (non-hydrogen) atoms. The normalized spacial score (nSPS) is 30.6. The minimum atomic E-state index is 0.133. The molecule has 0 aromatic heterocycles. The highest BCUT2D eigenvalue weighted by Crippen LogP contribution is 2.35. The monoisotopic (exact) mass is 267 g/mol. The van der Waals surface area contributed by atoms with E-state index in [2.05, 4.69) is 18.9 Å². The Labute approximate surface area is 117 Å².